The maximum atomic E-state index is 12.8. The third kappa shape index (κ3) is 2.30. The zero-order valence-corrected chi connectivity index (χ0v) is 14.7. The van der Waals surface area contributed by atoms with Crippen LogP contribution in [0.15, 0.2) is 18.2 Å². The van der Waals surface area contributed by atoms with Gasteiger partial charge in [0, 0.05) is 6.04 Å². The molecule has 0 radical (unpaired) electrons. The van der Waals surface area contributed by atoms with E-state index in [9.17, 15) is 4.79 Å². The summed E-state index contributed by atoms with van der Waals surface area (Å²) in [5, 5.41) is 3.27. The van der Waals surface area contributed by atoms with Crippen molar-refractivity contribution in [3.8, 4) is 11.5 Å². The van der Waals surface area contributed by atoms with Gasteiger partial charge in [0.2, 0.25) is 0 Å². The average Bonchev–Trinajstić information content (AvgIpc) is 2.87. The van der Waals surface area contributed by atoms with E-state index in [1.165, 1.54) is 12.8 Å². The van der Waals surface area contributed by atoms with Crippen molar-refractivity contribution in [2.24, 2.45) is 16.7 Å². The molecule has 2 bridgehead atoms. The highest BCUT2D eigenvalue weighted by Crippen LogP contribution is 2.65. The Hall–Kier alpha value is -1.71. The van der Waals surface area contributed by atoms with E-state index in [1.807, 2.05) is 0 Å². The molecule has 3 rings (SSSR count). The number of methoxy groups -OCH3 is 2. The number of carbonyl (C=O) groups is 1. The molecule has 4 heteroatoms. The molecule has 1 aromatic rings. The maximum Gasteiger partial charge on any atom is 0.255 e. The third-order valence-corrected chi connectivity index (χ3v) is 6.75. The Bertz CT molecular complexity index is 625. The molecule has 4 nitrogen and oxygen atoms in total. The molecule has 2 saturated carbocycles. The monoisotopic (exact) mass is 317 g/mol. The fraction of sp³-hybridized carbons (Fsp3) is 0.632. The van der Waals surface area contributed by atoms with Crippen LogP contribution in [0.1, 0.15) is 50.4 Å². The minimum absolute atomic E-state index is 0.0738. The standard InChI is InChI=1S/C19H27NO3/c1-18(2)12-8-9-19(18,3)16(10-12)20-17(21)14-11-13(22-4)6-7-15(14)23-5/h6-7,11-12,16H,8-10H2,1-5H3,(H,20,21). The smallest absolute Gasteiger partial charge is 0.255 e. The minimum atomic E-state index is -0.0738. The van der Waals surface area contributed by atoms with Gasteiger partial charge in [0.1, 0.15) is 11.5 Å². The van der Waals surface area contributed by atoms with Crippen molar-refractivity contribution in [1.82, 2.24) is 5.32 Å². The molecule has 2 aliphatic carbocycles. The van der Waals surface area contributed by atoms with Crippen molar-refractivity contribution in [2.45, 2.75) is 46.1 Å². The lowest BCUT2D eigenvalue weighted by atomic mass is 9.69. The number of hydrogen-bond acceptors (Lipinski definition) is 3. The first kappa shape index (κ1) is 16.2. The van der Waals surface area contributed by atoms with Gasteiger partial charge < -0.3 is 14.8 Å². The van der Waals surface area contributed by atoms with Gasteiger partial charge in [0.15, 0.2) is 0 Å². The molecule has 0 spiro atoms. The highest BCUT2D eigenvalue weighted by Gasteiger charge is 2.61. The predicted octanol–water partition coefficient (Wildman–Crippen LogP) is 3.65. The highest BCUT2D eigenvalue weighted by molar-refractivity contribution is 5.97. The van der Waals surface area contributed by atoms with Gasteiger partial charge >= 0.3 is 0 Å². The molecular weight excluding hydrogens is 290 g/mol. The van der Waals surface area contributed by atoms with Crippen molar-refractivity contribution < 1.29 is 14.3 Å². The molecule has 0 aliphatic heterocycles. The molecule has 2 fully saturated rings. The largest absolute Gasteiger partial charge is 0.497 e. The van der Waals surface area contributed by atoms with Crippen LogP contribution >= 0.6 is 0 Å². The lowest BCUT2D eigenvalue weighted by molar-refractivity contribution is 0.0823. The number of amides is 1. The Morgan fingerprint density at radius 2 is 1.96 bits per heavy atom. The second-order valence-corrected chi connectivity index (χ2v) is 7.70. The van der Waals surface area contributed by atoms with E-state index < -0.39 is 0 Å². The Morgan fingerprint density at radius 3 is 2.48 bits per heavy atom. The first-order valence-electron chi connectivity index (χ1n) is 8.36. The van der Waals surface area contributed by atoms with E-state index in [0.717, 1.165) is 6.42 Å². The number of hydrogen-bond donors (Lipinski definition) is 1. The van der Waals surface area contributed by atoms with Gasteiger partial charge in [0.25, 0.3) is 5.91 Å². The summed E-state index contributed by atoms with van der Waals surface area (Å²) in [4.78, 5) is 12.8. The van der Waals surface area contributed by atoms with E-state index in [0.29, 0.717) is 23.0 Å². The van der Waals surface area contributed by atoms with Crippen LogP contribution in [0, 0.1) is 16.7 Å². The Balaban J connectivity index is 1.84. The lowest BCUT2D eigenvalue weighted by Crippen LogP contribution is -2.46. The minimum Gasteiger partial charge on any atom is -0.497 e. The van der Waals surface area contributed by atoms with Gasteiger partial charge in [-0.3, -0.25) is 4.79 Å². The zero-order chi connectivity index (χ0) is 16.8. The molecule has 1 aromatic carbocycles. The predicted molar refractivity (Wildman–Crippen MR) is 90.0 cm³/mol. The Morgan fingerprint density at radius 1 is 1.22 bits per heavy atom. The zero-order valence-electron chi connectivity index (χ0n) is 14.7. The molecule has 0 saturated heterocycles. The summed E-state index contributed by atoms with van der Waals surface area (Å²) in [7, 11) is 3.18. The number of carbonyl (C=O) groups excluding carboxylic acids is 1. The van der Waals surface area contributed by atoms with Crippen LogP contribution in [0.2, 0.25) is 0 Å². The SMILES string of the molecule is COc1ccc(OC)c(C(=O)NC2CC3CCC2(C)C3(C)C)c1. The van der Waals surface area contributed by atoms with Crippen LogP contribution in [0.5, 0.6) is 11.5 Å². The van der Waals surface area contributed by atoms with Crippen molar-refractivity contribution in [3.05, 3.63) is 23.8 Å². The van der Waals surface area contributed by atoms with Gasteiger partial charge in [-0.05, 0) is 54.2 Å². The van der Waals surface area contributed by atoms with Gasteiger partial charge in [-0.1, -0.05) is 20.8 Å². The number of ether oxygens (including phenoxy) is 2. The van der Waals surface area contributed by atoms with Crippen molar-refractivity contribution in [1.29, 1.82) is 0 Å². The summed E-state index contributed by atoms with van der Waals surface area (Å²) in [6, 6.07) is 5.55. The summed E-state index contributed by atoms with van der Waals surface area (Å²) >= 11 is 0. The van der Waals surface area contributed by atoms with Crippen LogP contribution in [-0.2, 0) is 0 Å². The van der Waals surface area contributed by atoms with Gasteiger partial charge in [-0.25, -0.2) is 0 Å². The molecule has 0 heterocycles. The maximum absolute atomic E-state index is 12.8. The first-order chi connectivity index (χ1) is 10.8. The molecule has 23 heavy (non-hydrogen) atoms. The second-order valence-electron chi connectivity index (χ2n) is 7.70. The Kier molecular flexibility index (Phi) is 3.81. The van der Waals surface area contributed by atoms with Crippen LogP contribution < -0.4 is 14.8 Å². The van der Waals surface area contributed by atoms with E-state index in [1.54, 1.807) is 32.4 Å². The topological polar surface area (TPSA) is 47.6 Å². The number of nitrogens with one attached hydrogen (secondary N) is 1. The summed E-state index contributed by atoms with van der Waals surface area (Å²) in [5.41, 5.74) is 0.985. The molecule has 3 atom stereocenters. The van der Waals surface area contributed by atoms with Crippen LogP contribution in [0.25, 0.3) is 0 Å². The third-order valence-electron chi connectivity index (χ3n) is 6.75. The molecular formula is C19H27NO3. The summed E-state index contributed by atoms with van der Waals surface area (Å²) in [6.07, 6.45) is 3.53. The average molecular weight is 317 g/mol. The van der Waals surface area contributed by atoms with Gasteiger partial charge in [0.05, 0.1) is 19.8 Å². The molecule has 0 aromatic heterocycles. The van der Waals surface area contributed by atoms with Crippen molar-refractivity contribution >= 4 is 5.91 Å². The molecule has 1 amide bonds. The summed E-state index contributed by atoms with van der Waals surface area (Å²) in [5.74, 6) is 1.87. The van der Waals surface area contributed by atoms with Crippen LogP contribution in [0.4, 0.5) is 0 Å². The van der Waals surface area contributed by atoms with Crippen molar-refractivity contribution in [2.75, 3.05) is 14.2 Å². The van der Waals surface area contributed by atoms with E-state index in [2.05, 4.69) is 26.1 Å². The molecule has 2 aliphatic rings. The lowest BCUT2D eigenvalue weighted by Gasteiger charge is -2.39. The van der Waals surface area contributed by atoms with Crippen LogP contribution in [0.3, 0.4) is 0 Å². The number of rotatable bonds is 4. The second kappa shape index (κ2) is 5.43. The quantitative estimate of drug-likeness (QED) is 0.922. The van der Waals surface area contributed by atoms with Gasteiger partial charge in [-0.15, -0.1) is 0 Å². The molecule has 3 unspecified atom stereocenters. The first-order valence-corrected chi connectivity index (χ1v) is 8.36. The fourth-order valence-corrected chi connectivity index (χ4v) is 4.65. The normalized spacial score (nSPS) is 31.0. The van der Waals surface area contributed by atoms with Crippen molar-refractivity contribution in [3.63, 3.8) is 0 Å². The van der Waals surface area contributed by atoms with E-state index in [4.69, 9.17) is 9.47 Å². The fourth-order valence-electron chi connectivity index (χ4n) is 4.65. The molecule has 126 valence electrons. The van der Waals surface area contributed by atoms with Gasteiger partial charge in [-0.2, -0.15) is 0 Å². The molecule has 1 N–H and O–H groups in total. The summed E-state index contributed by atoms with van der Waals surface area (Å²) < 4.78 is 10.6. The Labute approximate surface area is 138 Å². The van der Waals surface area contributed by atoms with E-state index >= 15 is 0 Å². The number of benzene rings is 1. The summed E-state index contributed by atoms with van der Waals surface area (Å²) in [6.45, 7) is 7.03. The highest BCUT2D eigenvalue weighted by atomic mass is 16.5. The number of fused-ring (bicyclic) bond motifs is 2. The van der Waals surface area contributed by atoms with E-state index in [-0.39, 0.29) is 22.8 Å². The van der Waals surface area contributed by atoms with Crippen LogP contribution in [-0.4, -0.2) is 26.2 Å².